The average molecular weight is 513 g/mol. The number of rotatable bonds is 8. The normalized spacial score (nSPS) is 16.9. The van der Waals surface area contributed by atoms with E-state index < -0.39 is 16.4 Å². The fourth-order valence-corrected chi connectivity index (χ4v) is 6.14. The van der Waals surface area contributed by atoms with E-state index in [9.17, 15) is 17.2 Å². The first-order valence-corrected chi connectivity index (χ1v) is 13.0. The number of aromatic nitrogens is 1. The maximum atomic E-state index is 13.0. The van der Waals surface area contributed by atoms with Gasteiger partial charge in [0.15, 0.2) is 5.13 Å². The Bertz CT molecular complexity index is 1210. The van der Waals surface area contributed by atoms with Crippen molar-refractivity contribution in [1.29, 1.82) is 0 Å². The fraction of sp³-hybridized carbons (Fsp3) is 0.318. The Morgan fingerprint density at radius 2 is 2.12 bits per heavy atom. The Balaban J connectivity index is 1.42. The third-order valence-electron chi connectivity index (χ3n) is 5.67. The van der Waals surface area contributed by atoms with Crippen molar-refractivity contribution in [3.8, 4) is 0 Å². The number of likely N-dealkylation sites (tertiary alicyclic amines) is 1. The zero-order chi connectivity index (χ0) is 23.6. The molecule has 0 amide bonds. The Morgan fingerprint density at radius 1 is 1.30 bits per heavy atom. The van der Waals surface area contributed by atoms with E-state index in [0.29, 0.717) is 11.6 Å². The quantitative estimate of drug-likeness (QED) is 0.447. The summed E-state index contributed by atoms with van der Waals surface area (Å²) < 4.78 is 53.6. The molecule has 0 unspecified atom stereocenters. The molecule has 33 heavy (non-hydrogen) atoms. The first-order chi connectivity index (χ1) is 15.7. The lowest BCUT2D eigenvalue weighted by atomic mass is 10.1. The molecule has 1 aliphatic heterocycles. The fourth-order valence-electron chi connectivity index (χ4n) is 3.94. The van der Waals surface area contributed by atoms with Gasteiger partial charge in [0.05, 0.1) is 15.6 Å². The largest absolute Gasteiger partial charge is 0.369 e. The number of hydrogen-bond acceptors (Lipinski definition) is 6. The van der Waals surface area contributed by atoms with Gasteiger partial charge in [0.2, 0.25) is 0 Å². The molecule has 4 rings (SSSR count). The summed E-state index contributed by atoms with van der Waals surface area (Å²) in [6, 6.07) is 11.3. The molecule has 1 aliphatic rings. The van der Waals surface area contributed by atoms with E-state index in [1.165, 1.54) is 35.7 Å². The van der Waals surface area contributed by atoms with Gasteiger partial charge in [0.25, 0.3) is 16.4 Å². The van der Waals surface area contributed by atoms with Gasteiger partial charge in [0.1, 0.15) is 0 Å². The zero-order valence-corrected chi connectivity index (χ0v) is 20.2. The lowest BCUT2D eigenvalue weighted by molar-refractivity contribution is 0.151. The molecule has 1 atom stereocenters. The molecule has 2 aromatic carbocycles. The van der Waals surface area contributed by atoms with Crippen LogP contribution in [-0.4, -0.2) is 44.5 Å². The first kappa shape index (κ1) is 23.9. The highest BCUT2D eigenvalue weighted by Gasteiger charge is 2.28. The van der Waals surface area contributed by atoms with Crippen molar-refractivity contribution in [2.45, 2.75) is 30.3 Å². The molecule has 11 heteroatoms. The van der Waals surface area contributed by atoms with E-state index in [-0.39, 0.29) is 21.6 Å². The summed E-state index contributed by atoms with van der Waals surface area (Å²) in [6.07, 6.45) is -0.0748. The van der Waals surface area contributed by atoms with Crippen LogP contribution in [0, 0.1) is 0 Å². The standard InChI is InChI=1S/C22H23ClF2N4O2S2/c1-28(17-7-9-29(14-17)13-15-3-2-4-16(11-15)21(24)25)20-6-5-18(12-19(20)23)33(30,31)27-22-26-8-10-32-22/h2-6,8,10-12,17,21H,7,9,13-14H2,1H3,(H,26,27)/t17-/m0/s1. The van der Waals surface area contributed by atoms with Crippen molar-refractivity contribution < 1.29 is 17.2 Å². The summed E-state index contributed by atoms with van der Waals surface area (Å²) in [5.74, 6) is 0. The van der Waals surface area contributed by atoms with Crippen molar-refractivity contribution in [3.05, 3.63) is 70.2 Å². The Kier molecular flexibility index (Phi) is 7.18. The number of likely N-dealkylation sites (N-methyl/N-ethyl adjacent to an activating group) is 1. The van der Waals surface area contributed by atoms with Gasteiger partial charge in [-0.05, 0) is 36.2 Å². The second kappa shape index (κ2) is 9.92. The van der Waals surface area contributed by atoms with E-state index in [2.05, 4.69) is 14.6 Å². The summed E-state index contributed by atoms with van der Waals surface area (Å²) in [4.78, 5) is 8.27. The number of hydrogen-bond donors (Lipinski definition) is 1. The molecule has 1 saturated heterocycles. The third kappa shape index (κ3) is 5.63. The first-order valence-electron chi connectivity index (χ1n) is 10.3. The Labute approximate surface area is 200 Å². The van der Waals surface area contributed by atoms with Crippen LogP contribution in [0.3, 0.4) is 0 Å². The molecule has 0 radical (unpaired) electrons. The van der Waals surface area contributed by atoms with Crippen molar-refractivity contribution in [1.82, 2.24) is 9.88 Å². The SMILES string of the molecule is CN(c1ccc(S(=O)(=O)Nc2nccs2)cc1Cl)[C@H]1CCN(Cc2cccc(C(F)F)c2)C1. The predicted molar refractivity (Wildman–Crippen MR) is 128 cm³/mol. The van der Waals surface area contributed by atoms with E-state index in [1.807, 2.05) is 18.0 Å². The summed E-state index contributed by atoms with van der Waals surface area (Å²) in [7, 11) is -1.86. The summed E-state index contributed by atoms with van der Waals surface area (Å²) >= 11 is 7.66. The summed E-state index contributed by atoms with van der Waals surface area (Å²) in [5.41, 5.74) is 1.62. The minimum atomic E-state index is -3.79. The van der Waals surface area contributed by atoms with Crippen LogP contribution in [0.2, 0.25) is 5.02 Å². The number of sulfonamides is 1. The van der Waals surface area contributed by atoms with Gasteiger partial charge in [-0.2, -0.15) is 0 Å². The van der Waals surface area contributed by atoms with Gasteiger partial charge in [-0.3, -0.25) is 9.62 Å². The van der Waals surface area contributed by atoms with Crippen LogP contribution in [-0.2, 0) is 16.6 Å². The van der Waals surface area contributed by atoms with Crippen LogP contribution in [0.25, 0.3) is 0 Å². The Morgan fingerprint density at radius 3 is 2.82 bits per heavy atom. The van der Waals surface area contributed by atoms with E-state index in [1.54, 1.807) is 23.6 Å². The molecule has 3 aromatic rings. The van der Waals surface area contributed by atoms with Crippen molar-refractivity contribution in [2.24, 2.45) is 0 Å². The lowest BCUT2D eigenvalue weighted by Gasteiger charge is -2.28. The number of thiazole rings is 1. The minimum absolute atomic E-state index is 0.0338. The van der Waals surface area contributed by atoms with E-state index in [4.69, 9.17) is 11.6 Å². The molecule has 176 valence electrons. The highest BCUT2D eigenvalue weighted by Crippen LogP contribution is 2.32. The molecule has 1 aromatic heterocycles. The van der Waals surface area contributed by atoms with Crippen LogP contribution in [0.15, 0.2) is 58.9 Å². The minimum Gasteiger partial charge on any atom is -0.369 e. The van der Waals surface area contributed by atoms with Gasteiger partial charge in [-0.15, -0.1) is 11.3 Å². The molecule has 1 fully saturated rings. The van der Waals surface area contributed by atoms with Gasteiger partial charge >= 0.3 is 0 Å². The van der Waals surface area contributed by atoms with Crippen molar-refractivity contribution >= 4 is 43.8 Å². The summed E-state index contributed by atoms with van der Waals surface area (Å²) in [5, 5.41) is 2.31. The summed E-state index contributed by atoms with van der Waals surface area (Å²) in [6.45, 7) is 2.17. The average Bonchev–Trinajstić information content (AvgIpc) is 3.45. The van der Waals surface area contributed by atoms with E-state index in [0.717, 1.165) is 30.8 Å². The number of alkyl halides is 2. The van der Waals surface area contributed by atoms with Crippen LogP contribution >= 0.6 is 22.9 Å². The van der Waals surface area contributed by atoms with Gasteiger partial charge < -0.3 is 4.90 Å². The Hall–Kier alpha value is -2.27. The van der Waals surface area contributed by atoms with Gasteiger partial charge in [0, 0.05) is 49.9 Å². The van der Waals surface area contributed by atoms with Crippen molar-refractivity contribution in [3.63, 3.8) is 0 Å². The second-order valence-corrected chi connectivity index (χ2v) is 10.9. The number of anilines is 2. The monoisotopic (exact) mass is 512 g/mol. The maximum absolute atomic E-state index is 13.0. The smallest absolute Gasteiger partial charge is 0.263 e. The maximum Gasteiger partial charge on any atom is 0.263 e. The number of halogens is 3. The van der Waals surface area contributed by atoms with Crippen LogP contribution in [0.1, 0.15) is 24.0 Å². The molecular weight excluding hydrogens is 490 g/mol. The van der Waals surface area contributed by atoms with Gasteiger partial charge in [-0.25, -0.2) is 22.2 Å². The highest BCUT2D eigenvalue weighted by atomic mass is 35.5. The highest BCUT2D eigenvalue weighted by molar-refractivity contribution is 7.93. The third-order valence-corrected chi connectivity index (χ3v) is 8.12. The van der Waals surface area contributed by atoms with Crippen LogP contribution in [0.5, 0.6) is 0 Å². The molecule has 2 heterocycles. The molecular formula is C22H23ClF2N4O2S2. The van der Waals surface area contributed by atoms with E-state index >= 15 is 0 Å². The molecule has 0 bridgehead atoms. The number of nitrogens with zero attached hydrogens (tertiary/aromatic N) is 3. The molecule has 1 N–H and O–H groups in total. The van der Waals surface area contributed by atoms with Gasteiger partial charge in [-0.1, -0.05) is 29.8 Å². The lowest BCUT2D eigenvalue weighted by Crippen LogP contribution is -2.34. The zero-order valence-electron chi connectivity index (χ0n) is 17.8. The number of benzene rings is 2. The molecule has 0 spiro atoms. The topological polar surface area (TPSA) is 65.5 Å². The van der Waals surface area contributed by atoms with Crippen molar-refractivity contribution in [2.75, 3.05) is 29.8 Å². The molecule has 6 nitrogen and oxygen atoms in total. The molecule has 0 aliphatic carbocycles. The van der Waals surface area contributed by atoms with Crippen LogP contribution < -0.4 is 9.62 Å². The second-order valence-electron chi connectivity index (χ2n) is 7.89. The predicted octanol–water partition coefficient (Wildman–Crippen LogP) is 5.25. The number of nitrogens with one attached hydrogen (secondary N) is 1. The molecule has 0 saturated carbocycles. The van der Waals surface area contributed by atoms with Crippen LogP contribution in [0.4, 0.5) is 19.6 Å².